The number of nitro groups is 1. The van der Waals surface area contributed by atoms with E-state index in [2.05, 4.69) is 10.3 Å². The van der Waals surface area contributed by atoms with Gasteiger partial charge in [0, 0.05) is 49.4 Å². The fraction of sp³-hybridized carbons (Fsp3) is 0.588. The van der Waals surface area contributed by atoms with Crippen LogP contribution in [-0.4, -0.2) is 54.9 Å². The molecule has 2 saturated heterocycles. The molecule has 142 valence electrons. The first-order chi connectivity index (χ1) is 12.1. The number of methoxy groups -OCH3 is 1. The van der Waals surface area contributed by atoms with Gasteiger partial charge in [0.25, 0.3) is 0 Å². The Balaban J connectivity index is 1.51. The number of nitro benzene ring substituents is 1. The van der Waals surface area contributed by atoms with Crippen LogP contribution in [0.25, 0.3) is 0 Å². The summed E-state index contributed by atoms with van der Waals surface area (Å²) in [6.45, 7) is 8.66. The molecule has 1 amide bonds. The van der Waals surface area contributed by atoms with Crippen LogP contribution in [0, 0.1) is 15.5 Å². The van der Waals surface area contributed by atoms with Crippen molar-refractivity contribution in [3.63, 3.8) is 0 Å². The van der Waals surface area contributed by atoms with E-state index in [1.54, 1.807) is 12.1 Å². The molecule has 0 unspecified atom stereocenters. The largest absolute Gasteiger partial charge is 0.490 e. The first kappa shape index (κ1) is 18.2. The van der Waals surface area contributed by atoms with E-state index in [1.807, 2.05) is 25.8 Å². The molecule has 9 nitrogen and oxygen atoms in total. The molecule has 0 atom stereocenters. The second-order valence-corrected chi connectivity index (χ2v) is 7.94. The number of carbonyl (C=O) groups is 1. The number of ether oxygens (including phenoxy) is 2. The van der Waals surface area contributed by atoms with Gasteiger partial charge in [0.1, 0.15) is 5.60 Å². The maximum absolute atomic E-state index is 11.8. The van der Waals surface area contributed by atoms with E-state index in [4.69, 9.17) is 9.47 Å². The molecule has 1 aromatic carbocycles. The molecule has 2 heterocycles. The van der Waals surface area contributed by atoms with Crippen molar-refractivity contribution < 1.29 is 19.2 Å². The second kappa shape index (κ2) is 6.31. The maximum atomic E-state index is 11.8. The first-order valence-electron chi connectivity index (χ1n) is 8.43. The number of benzene rings is 1. The molecular weight excluding hydrogens is 340 g/mol. The Bertz CT molecular complexity index is 716. The van der Waals surface area contributed by atoms with Crippen molar-refractivity contribution in [1.82, 2.24) is 10.4 Å². The monoisotopic (exact) mass is 364 g/mol. The summed E-state index contributed by atoms with van der Waals surface area (Å²) < 4.78 is 10.4. The lowest BCUT2D eigenvalue weighted by Gasteiger charge is -2.60. The van der Waals surface area contributed by atoms with Gasteiger partial charge in [-0.25, -0.2) is 9.80 Å². The van der Waals surface area contributed by atoms with Gasteiger partial charge in [0.05, 0.1) is 12.0 Å². The SMILES string of the molecule is COc1cc(N2CC3(CN(NC(=O)OC(C)(C)C)C3)C2)ccc1[N+](=O)[O-]. The molecule has 1 aromatic rings. The van der Waals surface area contributed by atoms with Crippen LogP contribution in [0.5, 0.6) is 5.75 Å². The lowest BCUT2D eigenvalue weighted by Crippen LogP contribution is -2.75. The van der Waals surface area contributed by atoms with Crippen molar-refractivity contribution in [2.24, 2.45) is 5.41 Å². The number of nitrogens with one attached hydrogen (secondary N) is 1. The van der Waals surface area contributed by atoms with Gasteiger partial charge in [0.15, 0.2) is 5.75 Å². The molecule has 0 radical (unpaired) electrons. The minimum absolute atomic E-state index is 0.0390. The van der Waals surface area contributed by atoms with Crippen molar-refractivity contribution >= 4 is 17.5 Å². The van der Waals surface area contributed by atoms with Crippen LogP contribution in [-0.2, 0) is 4.74 Å². The Kier molecular flexibility index (Phi) is 4.43. The van der Waals surface area contributed by atoms with E-state index in [9.17, 15) is 14.9 Å². The van der Waals surface area contributed by atoms with Crippen molar-refractivity contribution in [2.75, 3.05) is 38.2 Å². The Labute approximate surface area is 152 Å². The van der Waals surface area contributed by atoms with E-state index in [0.717, 1.165) is 31.9 Å². The van der Waals surface area contributed by atoms with Gasteiger partial charge in [-0.3, -0.25) is 15.5 Å². The fourth-order valence-corrected chi connectivity index (χ4v) is 3.43. The van der Waals surface area contributed by atoms with E-state index < -0.39 is 16.6 Å². The third-order valence-corrected chi connectivity index (χ3v) is 4.48. The van der Waals surface area contributed by atoms with Crippen LogP contribution in [0.4, 0.5) is 16.2 Å². The second-order valence-electron chi connectivity index (χ2n) is 7.94. The summed E-state index contributed by atoms with van der Waals surface area (Å²) in [5.74, 6) is 0.260. The highest BCUT2D eigenvalue weighted by molar-refractivity contribution is 5.67. The summed E-state index contributed by atoms with van der Waals surface area (Å²) in [6.07, 6.45) is -0.441. The first-order valence-corrected chi connectivity index (χ1v) is 8.43. The molecule has 2 aliphatic heterocycles. The highest BCUT2D eigenvalue weighted by Crippen LogP contribution is 2.42. The normalized spacial score (nSPS) is 18.7. The van der Waals surface area contributed by atoms with Crippen LogP contribution < -0.4 is 15.1 Å². The van der Waals surface area contributed by atoms with Crippen LogP contribution in [0.1, 0.15) is 20.8 Å². The van der Waals surface area contributed by atoms with Gasteiger partial charge in [-0.2, -0.15) is 0 Å². The molecule has 0 bridgehead atoms. The zero-order chi connectivity index (χ0) is 19.1. The summed E-state index contributed by atoms with van der Waals surface area (Å²) in [5.41, 5.74) is 3.23. The fourth-order valence-electron chi connectivity index (χ4n) is 3.43. The molecule has 0 aliphatic carbocycles. The number of anilines is 1. The van der Waals surface area contributed by atoms with E-state index in [-0.39, 0.29) is 16.9 Å². The molecule has 2 fully saturated rings. The average Bonchev–Trinajstić information content (AvgIpc) is 2.45. The van der Waals surface area contributed by atoms with Gasteiger partial charge in [0.2, 0.25) is 0 Å². The van der Waals surface area contributed by atoms with Crippen LogP contribution in [0.3, 0.4) is 0 Å². The highest BCUT2D eigenvalue weighted by Gasteiger charge is 2.52. The molecule has 1 N–H and O–H groups in total. The third-order valence-electron chi connectivity index (χ3n) is 4.48. The standard InChI is InChI=1S/C17H24N4O5/c1-16(2,3)26-15(22)18-20-10-17(11-20)8-19(9-17)12-5-6-13(21(23)24)14(7-12)25-4/h5-7H,8-11H2,1-4H3,(H,18,22). The molecular formula is C17H24N4O5. The van der Waals surface area contributed by atoms with Crippen LogP contribution in [0.15, 0.2) is 18.2 Å². The Morgan fingerprint density at radius 1 is 1.27 bits per heavy atom. The van der Waals surface area contributed by atoms with Crippen molar-refractivity contribution in [3.8, 4) is 5.75 Å². The quantitative estimate of drug-likeness (QED) is 0.646. The summed E-state index contributed by atoms with van der Waals surface area (Å²) >= 11 is 0. The summed E-state index contributed by atoms with van der Waals surface area (Å²) in [7, 11) is 1.43. The predicted octanol–water partition coefficient (Wildman–Crippen LogP) is 2.17. The Morgan fingerprint density at radius 3 is 2.46 bits per heavy atom. The number of hydrazine groups is 1. The lowest BCUT2D eigenvalue weighted by atomic mass is 9.73. The smallest absolute Gasteiger partial charge is 0.422 e. The lowest BCUT2D eigenvalue weighted by molar-refractivity contribution is -0.385. The summed E-state index contributed by atoms with van der Waals surface area (Å²) in [5, 5.41) is 12.8. The zero-order valence-corrected chi connectivity index (χ0v) is 15.4. The highest BCUT2D eigenvalue weighted by atomic mass is 16.6. The number of rotatable bonds is 4. The van der Waals surface area contributed by atoms with Crippen molar-refractivity contribution in [2.45, 2.75) is 26.4 Å². The Hall–Kier alpha value is -2.55. The molecule has 0 aromatic heterocycles. The number of carbonyl (C=O) groups excluding carboxylic acids is 1. The molecule has 3 rings (SSSR count). The van der Waals surface area contributed by atoms with Gasteiger partial charge < -0.3 is 14.4 Å². The number of hydrogen-bond acceptors (Lipinski definition) is 7. The third kappa shape index (κ3) is 3.67. The number of nitrogens with zero attached hydrogens (tertiary/aromatic N) is 3. The molecule has 1 spiro atoms. The van der Waals surface area contributed by atoms with Gasteiger partial charge >= 0.3 is 11.8 Å². The van der Waals surface area contributed by atoms with Gasteiger partial charge in [-0.1, -0.05) is 0 Å². The molecule has 9 heteroatoms. The average molecular weight is 364 g/mol. The molecule has 26 heavy (non-hydrogen) atoms. The summed E-state index contributed by atoms with van der Waals surface area (Å²) in [6, 6.07) is 4.90. The molecule has 2 aliphatic rings. The minimum Gasteiger partial charge on any atom is -0.490 e. The van der Waals surface area contributed by atoms with E-state index >= 15 is 0 Å². The predicted molar refractivity (Wildman–Crippen MR) is 95.2 cm³/mol. The van der Waals surface area contributed by atoms with Gasteiger partial charge in [-0.15, -0.1) is 0 Å². The topological polar surface area (TPSA) is 97.2 Å². The van der Waals surface area contributed by atoms with Gasteiger partial charge in [-0.05, 0) is 26.8 Å². The maximum Gasteiger partial charge on any atom is 0.422 e. The van der Waals surface area contributed by atoms with Crippen LogP contribution >= 0.6 is 0 Å². The Morgan fingerprint density at radius 2 is 1.92 bits per heavy atom. The van der Waals surface area contributed by atoms with E-state index in [0.29, 0.717) is 0 Å². The van der Waals surface area contributed by atoms with Crippen molar-refractivity contribution in [3.05, 3.63) is 28.3 Å². The van der Waals surface area contributed by atoms with Crippen LogP contribution in [0.2, 0.25) is 0 Å². The zero-order valence-electron chi connectivity index (χ0n) is 15.4. The summed E-state index contributed by atoms with van der Waals surface area (Å²) in [4.78, 5) is 24.4. The molecule has 0 saturated carbocycles. The van der Waals surface area contributed by atoms with Crippen molar-refractivity contribution in [1.29, 1.82) is 0 Å². The minimum atomic E-state index is -0.519. The number of hydrogen-bond donors (Lipinski definition) is 1. The van der Waals surface area contributed by atoms with E-state index in [1.165, 1.54) is 13.2 Å². The number of amides is 1.